The molecule has 1 N–H and O–H groups in total. The number of aliphatic hydroxyl groups excluding tert-OH is 1. The molecule has 0 aromatic rings. The molecule has 11 heavy (non-hydrogen) atoms. The summed E-state index contributed by atoms with van der Waals surface area (Å²) in [7, 11) is 0. The molecular weight excluding hydrogens is 160 g/mol. The summed E-state index contributed by atoms with van der Waals surface area (Å²) in [5.41, 5.74) is 0. The SMILES string of the molecule is CC(CO)SCC(=O)C1CC1. The Morgan fingerprint density at radius 2 is 2.36 bits per heavy atom. The van der Waals surface area contributed by atoms with Crippen molar-refractivity contribution in [2.24, 2.45) is 5.92 Å². The van der Waals surface area contributed by atoms with Crippen LogP contribution in [0.25, 0.3) is 0 Å². The predicted octanol–water partition coefficient (Wildman–Crippen LogP) is 1.08. The van der Waals surface area contributed by atoms with Gasteiger partial charge in [-0.3, -0.25) is 4.79 Å². The van der Waals surface area contributed by atoms with E-state index in [4.69, 9.17) is 5.11 Å². The first-order valence-corrected chi connectivity index (χ1v) is 5.04. The van der Waals surface area contributed by atoms with E-state index < -0.39 is 0 Å². The largest absolute Gasteiger partial charge is 0.395 e. The van der Waals surface area contributed by atoms with Crippen molar-refractivity contribution in [2.75, 3.05) is 12.4 Å². The van der Waals surface area contributed by atoms with Crippen LogP contribution in [0.4, 0.5) is 0 Å². The van der Waals surface area contributed by atoms with Gasteiger partial charge in [0.1, 0.15) is 5.78 Å². The molecule has 0 saturated heterocycles. The average Bonchev–Trinajstić information content (AvgIpc) is 2.81. The second-order valence-corrected chi connectivity index (χ2v) is 4.47. The highest BCUT2D eigenvalue weighted by Gasteiger charge is 2.29. The van der Waals surface area contributed by atoms with Crippen LogP contribution in [0.5, 0.6) is 0 Å². The lowest BCUT2D eigenvalue weighted by molar-refractivity contribution is -0.117. The molecule has 1 unspecified atom stereocenters. The van der Waals surface area contributed by atoms with Gasteiger partial charge in [-0.2, -0.15) is 0 Å². The first-order chi connectivity index (χ1) is 5.24. The summed E-state index contributed by atoms with van der Waals surface area (Å²) in [6, 6.07) is 0. The van der Waals surface area contributed by atoms with Gasteiger partial charge in [-0.1, -0.05) is 6.92 Å². The Morgan fingerprint density at radius 1 is 1.73 bits per heavy atom. The molecule has 1 atom stereocenters. The predicted molar refractivity (Wildman–Crippen MR) is 46.7 cm³/mol. The highest BCUT2D eigenvalue weighted by Crippen LogP contribution is 2.31. The molecule has 0 heterocycles. The van der Waals surface area contributed by atoms with Gasteiger partial charge in [0.2, 0.25) is 0 Å². The average molecular weight is 174 g/mol. The van der Waals surface area contributed by atoms with Crippen LogP contribution in [0.15, 0.2) is 0 Å². The van der Waals surface area contributed by atoms with Crippen LogP contribution in [0.1, 0.15) is 19.8 Å². The Bertz CT molecular complexity index is 143. The second-order valence-electron chi connectivity index (χ2n) is 3.04. The van der Waals surface area contributed by atoms with E-state index in [0.717, 1.165) is 12.8 Å². The number of rotatable bonds is 5. The van der Waals surface area contributed by atoms with Gasteiger partial charge < -0.3 is 5.11 Å². The van der Waals surface area contributed by atoms with Crippen molar-refractivity contribution >= 4 is 17.5 Å². The zero-order valence-electron chi connectivity index (χ0n) is 6.75. The number of carbonyl (C=O) groups excluding carboxylic acids is 1. The van der Waals surface area contributed by atoms with Gasteiger partial charge in [-0.15, -0.1) is 11.8 Å². The van der Waals surface area contributed by atoms with Crippen LogP contribution in [-0.4, -0.2) is 28.5 Å². The van der Waals surface area contributed by atoms with E-state index in [2.05, 4.69) is 0 Å². The van der Waals surface area contributed by atoms with Crippen molar-refractivity contribution in [3.05, 3.63) is 0 Å². The fourth-order valence-electron chi connectivity index (χ4n) is 0.800. The number of thioether (sulfide) groups is 1. The number of aliphatic hydroxyl groups is 1. The number of Topliss-reactive ketones (excluding diaryl/α,β-unsaturated/α-hetero) is 1. The minimum Gasteiger partial charge on any atom is -0.395 e. The first kappa shape index (κ1) is 9.07. The van der Waals surface area contributed by atoms with Crippen molar-refractivity contribution in [1.82, 2.24) is 0 Å². The summed E-state index contributed by atoms with van der Waals surface area (Å²) in [5, 5.41) is 8.88. The fraction of sp³-hybridized carbons (Fsp3) is 0.875. The Kier molecular flexibility index (Phi) is 3.40. The van der Waals surface area contributed by atoms with Gasteiger partial charge in [-0.25, -0.2) is 0 Å². The van der Waals surface area contributed by atoms with Crippen LogP contribution < -0.4 is 0 Å². The Labute approximate surface area is 71.4 Å². The van der Waals surface area contributed by atoms with Crippen LogP contribution in [0.3, 0.4) is 0 Å². The summed E-state index contributed by atoms with van der Waals surface area (Å²) in [6.07, 6.45) is 2.18. The second kappa shape index (κ2) is 4.12. The quantitative estimate of drug-likeness (QED) is 0.677. The normalized spacial score (nSPS) is 19.8. The minimum absolute atomic E-state index is 0.169. The van der Waals surface area contributed by atoms with Crippen molar-refractivity contribution in [2.45, 2.75) is 25.0 Å². The van der Waals surface area contributed by atoms with Crippen LogP contribution >= 0.6 is 11.8 Å². The monoisotopic (exact) mass is 174 g/mol. The van der Waals surface area contributed by atoms with E-state index in [9.17, 15) is 4.79 Å². The van der Waals surface area contributed by atoms with Crippen molar-refractivity contribution in [3.63, 3.8) is 0 Å². The summed E-state index contributed by atoms with van der Waals surface area (Å²) in [6.45, 7) is 2.10. The van der Waals surface area contributed by atoms with Crippen LogP contribution in [0.2, 0.25) is 0 Å². The maximum Gasteiger partial charge on any atom is 0.145 e. The molecule has 1 fully saturated rings. The molecule has 3 heteroatoms. The first-order valence-electron chi connectivity index (χ1n) is 3.99. The van der Waals surface area contributed by atoms with Crippen molar-refractivity contribution < 1.29 is 9.90 Å². The standard InChI is InChI=1S/C8H14O2S/c1-6(4-9)11-5-8(10)7-2-3-7/h6-7,9H,2-5H2,1H3. The lowest BCUT2D eigenvalue weighted by atomic mass is 10.3. The van der Waals surface area contributed by atoms with Crippen molar-refractivity contribution in [1.29, 1.82) is 0 Å². The molecule has 0 radical (unpaired) electrons. The fourth-order valence-corrected chi connectivity index (χ4v) is 1.59. The van der Waals surface area contributed by atoms with Gasteiger partial charge in [0.15, 0.2) is 0 Å². The third-order valence-corrected chi connectivity index (χ3v) is 2.97. The molecule has 1 aliphatic carbocycles. The van der Waals surface area contributed by atoms with E-state index >= 15 is 0 Å². The molecule has 0 amide bonds. The molecule has 0 aromatic heterocycles. The number of ketones is 1. The van der Waals surface area contributed by atoms with Gasteiger partial charge in [-0.05, 0) is 12.8 Å². The summed E-state index contributed by atoms with van der Waals surface area (Å²) >= 11 is 1.55. The Hall–Kier alpha value is -0.0200. The number of hydrogen-bond acceptors (Lipinski definition) is 3. The molecule has 1 saturated carbocycles. The van der Waals surface area contributed by atoms with Crippen LogP contribution in [-0.2, 0) is 4.79 Å². The zero-order valence-corrected chi connectivity index (χ0v) is 7.56. The molecule has 0 spiro atoms. The number of hydrogen-bond donors (Lipinski definition) is 1. The van der Waals surface area contributed by atoms with Gasteiger partial charge in [0.25, 0.3) is 0 Å². The molecule has 64 valence electrons. The molecule has 1 aliphatic rings. The summed E-state index contributed by atoms with van der Waals surface area (Å²) in [4.78, 5) is 11.1. The zero-order chi connectivity index (χ0) is 8.27. The smallest absolute Gasteiger partial charge is 0.145 e. The minimum atomic E-state index is 0.169. The highest BCUT2D eigenvalue weighted by molar-refractivity contribution is 8.00. The Morgan fingerprint density at radius 3 is 2.82 bits per heavy atom. The van der Waals surface area contributed by atoms with E-state index in [-0.39, 0.29) is 11.9 Å². The van der Waals surface area contributed by atoms with Gasteiger partial charge >= 0.3 is 0 Å². The van der Waals surface area contributed by atoms with Crippen LogP contribution in [0, 0.1) is 5.92 Å². The summed E-state index contributed by atoms with van der Waals surface area (Å²) < 4.78 is 0. The highest BCUT2D eigenvalue weighted by atomic mass is 32.2. The van der Waals surface area contributed by atoms with Gasteiger partial charge in [0, 0.05) is 11.2 Å². The van der Waals surface area contributed by atoms with Crippen molar-refractivity contribution in [3.8, 4) is 0 Å². The van der Waals surface area contributed by atoms with E-state index in [1.54, 1.807) is 11.8 Å². The third kappa shape index (κ3) is 3.25. The molecule has 1 rings (SSSR count). The molecule has 0 bridgehead atoms. The lowest BCUT2D eigenvalue weighted by Crippen LogP contribution is -2.10. The third-order valence-electron chi connectivity index (χ3n) is 1.80. The lowest BCUT2D eigenvalue weighted by Gasteiger charge is -2.05. The van der Waals surface area contributed by atoms with Gasteiger partial charge in [0.05, 0.1) is 12.4 Å². The van der Waals surface area contributed by atoms with E-state index in [0.29, 0.717) is 17.5 Å². The topological polar surface area (TPSA) is 37.3 Å². The Balaban J connectivity index is 2.05. The van der Waals surface area contributed by atoms with E-state index in [1.807, 2.05) is 6.92 Å². The molecule has 2 nitrogen and oxygen atoms in total. The molecule has 0 aliphatic heterocycles. The van der Waals surface area contributed by atoms with E-state index in [1.165, 1.54) is 0 Å². The maximum absolute atomic E-state index is 11.1. The maximum atomic E-state index is 11.1. The number of carbonyl (C=O) groups is 1. The molecular formula is C8H14O2S. The molecule has 0 aromatic carbocycles. The summed E-state index contributed by atoms with van der Waals surface area (Å²) in [5.74, 6) is 1.33.